The van der Waals surface area contributed by atoms with Crippen LogP contribution >= 0.6 is 0 Å². The van der Waals surface area contributed by atoms with Crippen molar-refractivity contribution in [3.05, 3.63) is 70.5 Å². The van der Waals surface area contributed by atoms with Gasteiger partial charge in [-0.25, -0.2) is 4.79 Å². The molecule has 2 heterocycles. The molecule has 4 rings (SSSR count). The third kappa shape index (κ3) is 2.15. The van der Waals surface area contributed by atoms with E-state index in [2.05, 4.69) is 15.3 Å². The van der Waals surface area contributed by atoms with Gasteiger partial charge >= 0.3 is 11.5 Å². The highest BCUT2D eigenvalue weighted by atomic mass is 16.7. The Hall–Kier alpha value is -3.48. The standard InChI is InChI=1S/C16H10N4O3/c21-15-14-13(11-8-4-5-9-12(11)17-18-14)19-20(15)23-16(22)10-6-2-1-3-7-10/h1-9,19H. The number of benzene rings is 2. The van der Waals surface area contributed by atoms with E-state index in [4.69, 9.17) is 4.84 Å². The third-order valence-corrected chi connectivity index (χ3v) is 3.45. The highest BCUT2D eigenvalue weighted by Crippen LogP contribution is 2.17. The molecule has 2 aromatic heterocycles. The summed E-state index contributed by atoms with van der Waals surface area (Å²) in [5, 5.41) is 11.4. The molecule has 0 atom stereocenters. The quantitative estimate of drug-likeness (QED) is 0.606. The second-order valence-corrected chi connectivity index (χ2v) is 4.90. The van der Waals surface area contributed by atoms with Crippen molar-refractivity contribution in [3.8, 4) is 0 Å². The van der Waals surface area contributed by atoms with E-state index < -0.39 is 11.5 Å². The number of fused-ring (bicyclic) bond motifs is 3. The molecule has 4 aromatic rings. The lowest BCUT2D eigenvalue weighted by Crippen LogP contribution is -2.29. The van der Waals surface area contributed by atoms with E-state index in [-0.39, 0.29) is 5.52 Å². The van der Waals surface area contributed by atoms with E-state index in [0.717, 1.165) is 10.2 Å². The third-order valence-electron chi connectivity index (χ3n) is 3.45. The van der Waals surface area contributed by atoms with Crippen LogP contribution < -0.4 is 10.4 Å². The summed E-state index contributed by atoms with van der Waals surface area (Å²) in [5.74, 6) is -0.642. The number of nitrogens with one attached hydrogen (secondary N) is 1. The summed E-state index contributed by atoms with van der Waals surface area (Å²) in [6, 6.07) is 15.7. The molecule has 0 bridgehead atoms. The van der Waals surface area contributed by atoms with E-state index in [1.165, 1.54) is 0 Å². The highest BCUT2D eigenvalue weighted by Gasteiger charge is 2.16. The van der Waals surface area contributed by atoms with Gasteiger partial charge in [-0.1, -0.05) is 41.2 Å². The summed E-state index contributed by atoms with van der Waals surface area (Å²) in [5.41, 5.74) is 1.00. The van der Waals surface area contributed by atoms with E-state index in [0.29, 0.717) is 16.6 Å². The molecule has 0 radical (unpaired) electrons. The molecule has 0 aliphatic carbocycles. The Bertz CT molecular complexity index is 1080. The number of H-pyrrole nitrogens is 1. The van der Waals surface area contributed by atoms with Gasteiger partial charge in [0.15, 0.2) is 5.52 Å². The van der Waals surface area contributed by atoms with Crippen LogP contribution in [0.3, 0.4) is 0 Å². The first-order valence-electron chi connectivity index (χ1n) is 6.88. The molecule has 0 aliphatic rings. The molecule has 0 fully saturated rings. The first kappa shape index (κ1) is 13.2. The van der Waals surface area contributed by atoms with E-state index in [1.807, 2.05) is 18.2 Å². The number of rotatable bonds is 2. The van der Waals surface area contributed by atoms with Crippen molar-refractivity contribution < 1.29 is 9.63 Å². The van der Waals surface area contributed by atoms with E-state index >= 15 is 0 Å². The van der Waals surface area contributed by atoms with Crippen LogP contribution in [0.25, 0.3) is 21.9 Å². The molecule has 0 saturated heterocycles. The number of hydrogen-bond donors (Lipinski definition) is 1. The Morgan fingerprint density at radius 2 is 1.74 bits per heavy atom. The number of hydrogen-bond acceptors (Lipinski definition) is 5. The maximum absolute atomic E-state index is 12.3. The molecule has 7 nitrogen and oxygen atoms in total. The van der Waals surface area contributed by atoms with Crippen molar-refractivity contribution in [2.24, 2.45) is 0 Å². The second-order valence-electron chi connectivity index (χ2n) is 4.90. The molecule has 0 spiro atoms. The monoisotopic (exact) mass is 306 g/mol. The van der Waals surface area contributed by atoms with Crippen LogP contribution in [0.4, 0.5) is 0 Å². The molecule has 7 heteroatoms. The molecule has 23 heavy (non-hydrogen) atoms. The molecule has 0 unspecified atom stereocenters. The zero-order valence-corrected chi connectivity index (χ0v) is 11.8. The first-order chi connectivity index (χ1) is 11.2. The Kier molecular flexibility index (Phi) is 2.90. The summed E-state index contributed by atoms with van der Waals surface area (Å²) in [4.78, 5) is 30.2. The van der Waals surface area contributed by atoms with E-state index in [1.54, 1.807) is 36.4 Å². The van der Waals surface area contributed by atoms with Crippen molar-refractivity contribution in [1.82, 2.24) is 20.1 Å². The fourth-order valence-corrected chi connectivity index (χ4v) is 2.34. The van der Waals surface area contributed by atoms with Gasteiger partial charge in [0.05, 0.1) is 11.1 Å². The molecule has 0 amide bonds. The van der Waals surface area contributed by atoms with Gasteiger partial charge in [-0.05, 0) is 18.2 Å². The fourth-order valence-electron chi connectivity index (χ4n) is 2.34. The topological polar surface area (TPSA) is 89.9 Å². The van der Waals surface area contributed by atoms with Gasteiger partial charge in [-0.15, -0.1) is 10.2 Å². The molecular formula is C16H10N4O3. The average molecular weight is 306 g/mol. The van der Waals surface area contributed by atoms with Gasteiger partial charge in [0.2, 0.25) is 0 Å². The molecule has 0 saturated carbocycles. The minimum atomic E-state index is -0.642. The summed E-state index contributed by atoms with van der Waals surface area (Å²) in [6.07, 6.45) is 0. The Morgan fingerprint density at radius 1 is 1.00 bits per heavy atom. The van der Waals surface area contributed by atoms with Crippen LogP contribution in [-0.4, -0.2) is 26.1 Å². The molecule has 2 aromatic carbocycles. The number of aromatic amines is 1. The molecule has 1 N–H and O–H groups in total. The maximum atomic E-state index is 12.3. The molecule has 0 aliphatic heterocycles. The minimum absolute atomic E-state index is 0.115. The maximum Gasteiger partial charge on any atom is 0.365 e. The molecule has 112 valence electrons. The van der Waals surface area contributed by atoms with Crippen LogP contribution in [0.15, 0.2) is 59.4 Å². The fraction of sp³-hybridized carbons (Fsp3) is 0. The van der Waals surface area contributed by atoms with Gasteiger partial charge in [0, 0.05) is 5.39 Å². The number of carbonyl (C=O) groups is 1. The van der Waals surface area contributed by atoms with Gasteiger partial charge in [0.1, 0.15) is 5.52 Å². The normalized spacial score (nSPS) is 11.0. The summed E-state index contributed by atoms with van der Waals surface area (Å²) < 4.78 is 0. The van der Waals surface area contributed by atoms with Crippen LogP contribution in [0, 0.1) is 0 Å². The van der Waals surface area contributed by atoms with Crippen LogP contribution in [-0.2, 0) is 0 Å². The average Bonchev–Trinajstić information content (AvgIpc) is 2.92. The van der Waals surface area contributed by atoms with Crippen molar-refractivity contribution in [2.75, 3.05) is 0 Å². The molecular weight excluding hydrogens is 296 g/mol. The number of nitrogens with zero attached hydrogens (tertiary/aromatic N) is 3. The summed E-state index contributed by atoms with van der Waals surface area (Å²) in [6.45, 7) is 0. The number of aromatic nitrogens is 4. The lowest BCUT2D eigenvalue weighted by atomic mass is 10.2. The lowest BCUT2D eigenvalue weighted by Gasteiger charge is -2.02. The lowest BCUT2D eigenvalue weighted by molar-refractivity contribution is 0.0380. The first-order valence-corrected chi connectivity index (χ1v) is 6.88. The highest BCUT2D eigenvalue weighted by molar-refractivity contribution is 6.00. The smallest absolute Gasteiger partial charge is 0.312 e. The van der Waals surface area contributed by atoms with Crippen LogP contribution in [0.1, 0.15) is 10.4 Å². The van der Waals surface area contributed by atoms with Crippen molar-refractivity contribution >= 4 is 27.9 Å². The van der Waals surface area contributed by atoms with Crippen LogP contribution in [0.5, 0.6) is 0 Å². The number of carbonyl (C=O) groups excluding carboxylic acids is 1. The summed E-state index contributed by atoms with van der Waals surface area (Å²) in [7, 11) is 0. The Labute approximate surface area is 129 Å². The largest absolute Gasteiger partial charge is 0.365 e. The zero-order valence-electron chi connectivity index (χ0n) is 11.8. The van der Waals surface area contributed by atoms with Crippen molar-refractivity contribution in [2.45, 2.75) is 0 Å². The van der Waals surface area contributed by atoms with E-state index in [9.17, 15) is 9.59 Å². The van der Waals surface area contributed by atoms with Crippen LogP contribution in [0.2, 0.25) is 0 Å². The van der Waals surface area contributed by atoms with Crippen molar-refractivity contribution in [1.29, 1.82) is 0 Å². The van der Waals surface area contributed by atoms with Gasteiger partial charge in [0.25, 0.3) is 0 Å². The predicted molar refractivity (Wildman–Crippen MR) is 83.0 cm³/mol. The predicted octanol–water partition coefficient (Wildman–Crippen LogP) is 1.54. The SMILES string of the molecule is O=C(On1[nH]c2c(nnc3ccccc32)c1=O)c1ccccc1. The Balaban J connectivity index is 1.82. The Morgan fingerprint density at radius 3 is 2.57 bits per heavy atom. The van der Waals surface area contributed by atoms with Gasteiger partial charge in [-0.3, -0.25) is 9.89 Å². The second kappa shape index (κ2) is 5.06. The van der Waals surface area contributed by atoms with Gasteiger partial charge < -0.3 is 4.84 Å². The van der Waals surface area contributed by atoms with Crippen molar-refractivity contribution in [3.63, 3.8) is 0 Å². The zero-order chi connectivity index (χ0) is 15.8. The minimum Gasteiger partial charge on any atom is -0.312 e. The van der Waals surface area contributed by atoms with Gasteiger partial charge in [-0.2, -0.15) is 0 Å². The summed E-state index contributed by atoms with van der Waals surface area (Å²) >= 11 is 0.